The summed E-state index contributed by atoms with van der Waals surface area (Å²) in [6, 6.07) is 6.60. The van der Waals surface area contributed by atoms with Crippen molar-refractivity contribution in [1.82, 2.24) is 5.32 Å². The summed E-state index contributed by atoms with van der Waals surface area (Å²) in [5.41, 5.74) is 3.65. The van der Waals surface area contributed by atoms with Crippen LogP contribution in [0.2, 0.25) is 0 Å². The second kappa shape index (κ2) is 9.55. The number of amides is 1. The van der Waals surface area contributed by atoms with E-state index in [2.05, 4.69) is 72.0 Å². The van der Waals surface area contributed by atoms with Crippen LogP contribution in [0.4, 0.5) is 0 Å². The Morgan fingerprint density at radius 3 is 2.15 bits per heavy atom. The molecular weight excluding hydrogens is 322 g/mol. The van der Waals surface area contributed by atoms with Crippen molar-refractivity contribution in [1.29, 1.82) is 0 Å². The lowest BCUT2D eigenvalue weighted by atomic mass is 9.74. The van der Waals surface area contributed by atoms with Crippen molar-refractivity contribution in [3.05, 3.63) is 34.9 Å². The van der Waals surface area contributed by atoms with E-state index in [1.165, 1.54) is 11.1 Å². The number of carbonyl (C=O) groups excluding carboxylic acids is 1. The van der Waals surface area contributed by atoms with Crippen LogP contribution in [-0.2, 0) is 20.4 Å². The highest BCUT2D eigenvalue weighted by molar-refractivity contribution is 5.82. The SMILES string of the molecule is CCCNC(=O)C(OCC)c1ccc(C(C)(C)CC)cc1C(C)(C)CC. The number of rotatable bonds is 10. The van der Waals surface area contributed by atoms with Crippen molar-refractivity contribution in [3.8, 4) is 0 Å². The zero-order valence-electron chi connectivity index (χ0n) is 18.2. The summed E-state index contributed by atoms with van der Waals surface area (Å²) in [4.78, 5) is 12.8. The van der Waals surface area contributed by atoms with Crippen LogP contribution >= 0.6 is 0 Å². The van der Waals surface area contributed by atoms with Crippen LogP contribution in [0.3, 0.4) is 0 Å². The third kappa shape index (κ3) is 5.33. The molecule has 1 N–H and O–H groups in total. The van der Waals surface area contributed by atoms with Crippen LogP contribution in [0.15, 0.2) is 18.2 Å². The molecule has 0 fully saturated rings. The Bertz CT molecular complexity index is 590. The highest BCUT2D eigenvalue weighted by atomic mass is 16.5. The van der Waals surface area contributed by atoms with Crippen molar-refractivity contribution < 1.29 is 9.53 Å². The van der Waals surface area contributed by atoms with Gasteiger partial charge in [0.25, 0.3) is 5.91 Å². The average Bonchev–Trinajstić information content (AvgIpc) is 2.63. The van der Waals surface area contributed by atoms with E-state index in [0.29, 0.717) is 13.2 Å². The summed E-state index contributed by atoms with van der Waals surface area (Å²) in [7, 11) is 0. The highest BCUT2D eigenvalue weighted by Crippen LogP contribution is 2.38. The van der Waals surface area contributed by atoms with Gasteiger partial charge in [-0.2, -0.15) is 0 Å². The molecule has 0 aliphatic carbocycles. The Morgan fingerprint density at radius 1 is 1.04 bits per heavy atom. The van der Waals surface area contributed by atoms with E-state index < -0.39 is 6.10 Å². The molecule has 1 aromatic carbocycles. The van der Waals surface area contributed by atoms with E-state index in [4.69, 9.17) is 4.74 Å². The molecule has 1 atom stereocenters. The standard InChI is InChI=1S/C23H39NO2/c1-9-15-24-21(25)20(26-12-4)18-14-13-17(22(5,6)10-2)16-19(18)23(7,8)11-3/h13-14,16,20H,9-12,15H2,1-8H3,(H,24,25). The normalized spacial score (nSPS) is 13.5. The summed E-state index contributed by atoms with van der Waals surface area (Å²) in [5.74, 6) is -0.0376. The molecular formula is C23H39NO2. The Kier molecular flexibility index (Phi) is 8.33. The summed E-state index contributed by atoms with van der Waals surface area (Å²) < 4.78 is 5.91. The van der Waals surface area contributed by atoms with E-state index in [1.54, 1.807) is 0 Å². The van der Waals surface area contributed by atoms with Gasteiger partial charge < -0.3 is 10.1 Å². The molecule has 3 heteroatoms. The Hall–Kier alpha value is -1.35. The molecule has 0 radical (unpaired) electrons. The third-order valence-corrected chi connectivity index (χ3v) is 5.73. The quantitative estimate of drug-likeness (QED) is 0.583. The minimum atomic E-state index is -0.550. The maximum Gasteiger partial charge on any atom is 0.253 e. The first-order valence-corrected chi connectivity index (χ1v) is 10.2. The van der Waals surface area contributed by atoms with Crippen LogP contribution in [0.5, 0.6) is 0 Å². The van der Waals surface area contributed by atoms with Crippen LogP contribution < -0.4 is 5.32 Å². The van der Waals surface area contributed by atoms with Gasteiger partial charge in [0.1, 0.15) is 0 Å². The molecule has 0 bridgehead atoms. The smallest absolute Gasteiger partial charge is 0.253 e. The second-order valence-electron chi connectivity index (χ2n) is 8.40. The molecule has 0 spiro atoms. The topological polar surface area (TPSA) is 38.3 Å². The van der Waals surface area contributed by atoms with Crippen molar-refractivity contribution in [3.63, 3.8) is 0 Å². The Labute approximate surface area is 160 Å². The fourth-order valence-corrected chi connectivity index (χ4v) is 3.00. The molecule has 26 heavy (non-hydrogen) atoms. The second-order valence-corrected chi connectivity index (χ2v) is 8.40. The fraction of sp³-hybridized carbons (Fsp3) is 0.696. The Morgan fingerprint density at radius 2 is 1.65 bits per heavy atom. The molecule has 0 heterocycles. The van der Waals surface area contributed by atoms with Gasteiger partial charge in [-0.3, -0.25) is 4.79 Å². The molecule has 0 saturated carbocycles. The van der Waals surface area contributed by atoms with Gasteiger partial charge in [0.05, 0.1) is 0 Å². The number of hydrogen-bond donors (Lipinski definition) is 1. The molecule has 1 unspecified atom stereocenters. The van der Waals surface area contributed by atoms with E-state index >= 15 is 0 Å². The molecule has 0 aromatic heterocycles. The molecule has 1 aromatic rings. The predicted octanol–water partition coefficient (Wildman–Crippen LogP) is 5.67. The molecule has 0 aliphatic heterocycles. The van der Waals surface area contributed by atoms with Crippen LogP contribution in [0, 0.1) is 0 Å². The minimum Gasteiger partial charge on any atom is -0.364 e. The largest absolute Gasteiger partial charge is 0.364 e. The number of carbonyl (C=O) groups is 1. The average molecular weight is 362 g/mol. The molecule has 1 rings (SSSR count). The van der Waals surface area contributed by atoms with Gasteiger partial charge in [0, 0.05) is 13.2 Å². The first-order valence-electron chi connectivity index (χ1n) is 10.2. The summed E-state index contributed by atoms with van der Waals surface area (Å²) in [5, 5.41) is 3.00. The van der Waals surface area contributed by atoms with Crippen molar-refractivity contribution in [2.45, 2.75) is 91.6 Å². The monoisotopic (exact) mass is 361 g/mol. The van der Waals surface area contributed by atoms with Gasteiger partial charge in [-0.05, 0) is 53.7 Å². The number of ether oxygens (including phenoxy) is 1. The van der Waals surface area contributed by atoms with Crippen molar-refractivity contribution in [2.24, 2.45) is 0 Å². The maximum atomic E-state index is 12.8. The van der Waals surface area contributed by atoms with Crippen molar-refractivity contribution >= 4 is 5.91 Å². The highest BCUT2D eigenvalue weighted by Gasteiger charge is 2.31. The fourth-order valence-electron chi connectivity index (χ4n) is 3.00. The van der Waals surface area contributed by atoms with Crippen molar-refractivity contribution in [2.75, 3.05) is 13.2 Å². The number of benzene rings is 1. The zero-order valence-corrected chi connectivity index (χ0v) is 18.2. The third-order valence-electron chi connectivity index (χ3n) is 5.73. The van der Waals surface area contributed by atoms with Crippen LogP contribution in [0.25, 0.3) is 0 Å². The number of nitrogens with one attached hydrogen (secondary N) is 1. The lowest BCUT2D eigenvalue weighted by molar-refractivity contribution is -0.133. The van der Waals surface area contributed by atoms with Gasteiger partial charge in [-0.15, -0.1) is 0 Å². The van der Waals surface area contributed by atoms with E-state index in [-0.39, 0.29) is 16.7 Å². The van der Waals surface area contributed by atoms with Crippen LogP contribution in [0.1, 0.15) is 97.4 Å². The van der Waals surface area contributed by atoms with E-state index in [1.807, 2.05) is 6.92 Å². The first-order chi connectivity index (χ1) is 12.1. The van der Waals surface area contributed by atoms with Gasteiger partial charge >= 0.3 is 0 Å². The predicted molar refractivity (Wildman–Crippen MR) is 111 cm³/mol. The first kappa shape index (κ1) is 22.7. The number of hydrogen-bond acceptors (Lipinski definition) is 2. The Balaban J connectivity index is 3.49. The van der Waals surface area contributed by atoms with Gasteiger partial charge in [-0.1, -0.05) is 66.7 Å². The van der Waals surface area contributed by atoms with Gasteiger partial charge in [0.15, 0.2) is 6.10 Å². The lowest BCUT2D eigenvalue weighted by Crippen LogP contribution is -2.33. The summed E-state index contributed by atoms with van der Waals surface area (Å²) >= 11 is 0. The van der Waals surface area contributed by atoms with Gasteiger partial charge in [0.2, 0.25) is 0 Å². The molecule has 1 amide bonds. The minimum absolute atomic E-state index is 0.0183. The van der Waals surface area contributed by atoms with E-state index in [9.17, 15) is 4.79 Å². The van der Waals surface area contributed by atoms with Gasteiger partial charge in [-0.25, -0.2) is 0 Å². The molecule has 148 valence electrons. The summed E-state index contributed by atoms with van der Waals surface area (Å²) in [6.07, 6.45) is 2.45. The van der Waals surface area contributed by atoms with Crippen LogP contribution in [-0.4, -0.2) is 19.1 Å². The molecule has 3 nitrogen and oxygen atoms in total. The maximum absolute atomic E-state index is 12.8. The summed E-state index contributed by atoms with van der Waals surface area (Å²) in [6.45, 7) is 18.7. The van der Waals surface area contributed by atoms with E-state index in [0.717, 1.165) is 24.8 Å². The molecule has 0 saturated heterocycles. The molecule has 0 aliphatic rings. The zero-order chi connectivity index (χ0) is 20.0. The lowest BCUT2D eigenvalue weighted by Gasteiger charge is -2.32.